The van der Waals surface area contributed by atoms with E-state index in [0.29, 0.717) is 6.04 Å². The summed E-state index contributed by atoms with van der Waals surface area (Å²) in [5.74, 6) is 0. The topological polar surface area (TPSA) is 38.0 Å². The standard InChI is InChI=1S/C11H17BrN2/c1-7(2)14-6-9-5-11(13)8(3)4-10(9)12/h4-5,7,14H,6,13H2,1-3H3. The largest absolute Gasteiger partial charge is 0.399 e. The van der Waals surface area contributed by atoms with Gasteiger partial charge in [-0.2, -0.15) is 0 Å². The molecule has 0 heterocycles. The summed E-state index contributed by atoms with van der Waals surface area (Å²) in [5.41, 5.74) is 9.03. The fourth-order valence-electron chi connectivity index (χ4n) is 1.19. The Morgan fingerprint density at radius 2 is 2.07 bits per heavy atom. The number of halogens is 1. The zero-order valence-corrected chi connectivity index (χ0v) is 10.5. The maximum Gasteiger partial charge on any atom is 0.0347 e. The Kier molecular flexibility index (Phi) is 3.96. The van der Waals surface area contributed by atoms with Crippen LogP contribution < -0.4 is 11.1 Å². The highest BCUT2D eigenvalue weighted by Gasteiger charge is 2.03. The molecule has 2 nitrogen and oxygen atoms in total. The summed E-state index contributed by atoms with van der Waals surface area (Å²) < 4.78 is 1.12. The lowest BCUT2D eigenvalue weighted by Gasteiger charge is -2.11. The average molecular weight is 257 g/mol. The smallest absolute Gasteiger partial charge is 0.0347 e. The van der Waals surface area contributed by atoms with E-state index < -0.39 is 0 Å². The van der Waals surface area contributed by atoms with Gasteiger partial charge in [0.05, 0.1) is 0 Å². The number of nitrogen functional groups attached to an aromatic ring is 1. The SMILES string of the molecule is Cc1cc(Br)c(CNC(C)C)cc1N. The summed E-state index contributed by atoms with van der Waals surface area (Å²) in [6, 6.07) is 4.58. The molecule has 0 aliphatic carbocycles. The van der Waals surface area contributed by atoms with Crippen LogP contribution in [0.1, 0.15) is 25.0 Å². The molecule has 0 saturated carbocycles. The van der Waals surface area contributed by atoms with Crippen LogP contribution in [0.5, 0.6) is 0 Å². The molecule has 3 N–H and O–H groups in total. The van der Waals surface area contributed by atoms with Gasteiger partial charge in [-0.05, 0) is 30.2 Å². The molecule has 0 aromatic heterocycles. The third kappa shape index (κ3) is 3.00. The second kappa shape index (κ2) is 4.80. The summed E-state index contributed by atoms with van der Waals surface area (Å²) in [6.07, 6.45) is 0. The van der Waals surface area contributed by atoms with Crippen LogP contribution in [0.4, 0.5) is 5.69 Å². The molecule has 1 aromatic carbocycles. The molecular weight excluding hydrogens is 240 g/mol. The maximum atomic E-state index is 5.85. The van der Waals surface area contributed by atoms with Gasteiger partial charge in [0.25, 0.3) is 0 Å². The fraction of sp³-hybridized carbons (Fsp3) is 0.455. The van der Waals surface area contributed by atoms with Gasteiger partial charge in [0, 0.05) is 22.7 Å². The van der Waals surface area contributed by atoms with Crippen molar-refractivity contribution in [3.63, 3.8) is 0 Å². The van der Waals surface area contributed by atoms with Gasteiger partial charge < -0.3 is 11.1 Å². The van der Waals surface area contributed by atoms with Crippen molar-refractivity contribution in [3.05, 3.63) is 27.7 Å². The number of benzene rings is 1. The molecule has 0 radical (unpaired) electrons. The van der Waals surface area contributed by atoms with Gasteiger partial charge in [-0.15, -0.1) is 0 Å². The molecule has 0 spiro atoms. The van der Waals surface area contributed by atoms with Gasteiger partial charge in [-0.25, -0.2) is 0 Å². The predicted octanol–water partition coefficient (Wildman–Crippen LogP) is 2.84. The number of nitrogens with one attached hydrogen (secondary N) is 1. The van der Waals surface area contributed by atoms with Crippen LogP contribution >= 0.6 is 15.9 Å². The van der Waals surface area contributed by atoms with E-state index in [1.807, 2.05) is 13.0 Å². The van der Waals surface area contributed by atoms with Crippen LogP contribution in [-0.2, 0) is 6.54 Å². The highest BCUT2D eigenvalue weighted by atomic mass is 79.9. The van der Waals surface area contributed by atoms with Crippen molar-refractivity contribution in [1.82, 2.24) is 5.32 Å². The maximum absolute atomic E-state index is 5.85. The Balaban J connectivity index is 2.82. The van der Waals surface area contributed by atoms with Crippen molar-refractivity contribution in [2.24, 2.45) is 0 Å². The molecule has 0 amide bonds. The van der Waals surface area contributed by atoms with Crippen LogP contribution in [0.15, 0.2) is 16.6 Å². The first-order valence-electron chi connectivity index (χ1n) is 4.78. The van der Waals surface area contributed by atoms with Crippen LogP contribution in [0.2, 0.25) is 0 Å². The predicted molar refractivity (Wildman–Crippen MR) is 65.3 cm³/mol. The molecule has 0 saturated heterocycles. The van der Waals surface area contributed by atoms with E-state index in [1.54, 1.807) is 0 Å². The zero-order chi connectivity index (χ0) is 10.7. The van der Waals surface area contributed by atoms with Crippen molar-refractivity contribution in [1.29, 1.82) is 0 Å². The van der Waals surface area contributed by atoms with E-state index in [-0.39, 0.29) is 0 Å². The molecular formula is C11H17BrN2. The summed E-state index contributed by atoms with van der Waals surface area (Å²) in [6.45, 7) is 7.12. The lowest BCUT2D eigenvalue weighted by Crippen LogP contribution is -2.22. The van der Waals surface area contributed by atoms with E-state index in [0.717, 1.165) is 22.3 Å². The highest BCUT2D eigenvalue weighted by Crippen LogP contribution is 2.23. The van der Waals surface area contributed by atoms with Crippen molar-refractivity contribution in [2.45, 2.75) is 33.4 Å². The molecule has 14 heavy (non-hydrogen) atoms. The number of nitrogens with two attached hydrogens (primary N) is 1. The Hall–Kier alpha value is -0.540. The number of anilines is 1. The van der Waals surface area contributed by atoms with E-state index in [4.69, 9.17) is 5.73 Å². The normalized spacial score (nSPS) is 10.9. The average Bonchev–Trinajstić information content (AvgIpc) is 2.09. The Morgan fingerprint density at radius 1 is 1.43 bits per heavy atom. The zero-order valence-electron chi connectivity index (χ0n) is 8.89. The molecule has 0 aliphatic heterocycles. The minimum absolute atomic E-state index is 0.490. The molecule has 1 rings (SSSR count). The van der Waals surface area contributed by atoms with Gasteiger partial charge in [0.2, 0.25) is 0 Å². The van der Waals surface area contributed by atoms with E-state index in [2.05, 4.69) is 41.2 Å². The lowest BCUT2D eigenvalue weighted by molar-refractivity contribution is 0.588. The molecule has 0 unspecified atom stereocenters. The van der Waals surface area contributed by atoms with E-state index >= 15 is 0 Å². The van der Waals surface area contributed by atoms with Gasteiger partial charge in [-0.1, -0.05) is 29.8 Å². The lowest BCUT2D eigenvalue weighted by atomic mass is 10.1. The van der Waals surface area contributed by atoms with Crippen molar-refractivity contribution >= 4 is 21.6 Å². The number of hydrogen-bond donors (Lipinski definition) is 2. The van der Waals surface area contributed by atoms with E-state index in [9.17, 15) is 0 Å². The summed E-state index contributed by atoms with van der Waals surface area (Å²) >= 11 is 3.54. The van der Waals surface area contributed by atoms with Gasteiger partial charge in [0.1, 0.15) is 0 Å². The Morgan fingerprint density at radius 3 is 2.64 bits per heavy atom. The van der Waals surface area contributed by atoms with Crippen molar-refractivity contribution in [3.8, 4) is 0 Å². The monoisotopic (exact) mass is 256 g/mol. The molecule has 0 fully saturated rings. The third-order valence-electron chi connectivity index (χ3n) is 2.14. The third-order valence-corrected chi connectivity index (χ3v) is 2.87. The number of aryl methyl sites for hydroxylation is 1. The summed E-state index contributed by atoms with van der Waals surface area (Å²) in [7, 11) is 0. The second-order valence-corrected chi connectivity index (χ2v) is 4.69. The van der Waals surface area contributed by atoms with Crippen LogP contribution in [0.25, 0.3) is 0 Å². The summed E-state index contributed by atoms with van der Waals surface area (Å²) in [4.78, 5) is 0. The van der Waals surface area contributed by atoms with Crippen molar-refractivity contribution in [2.75, 3.05) is 5.73 Å². The first-order chi connectivity index (χ1) is 6.50. The van der Waals surface area contributed by atoms with Crippen molar-refractivity contribution < 1.29 is 0 Å². The number of hydrogen-bond acceptors (Lipinski definition) is 2. The van der Waals surface area contributed by atoms with Crippen LogP contribution in [0, 0.1) is 6.92 Å². The van der Waals surface area contributed by atoms with Gasteiger partial charge in [-0.3, -0.25) is 0 Å². The minimum atomic E-state index is 0.490. The molecule has 78 valence electrons. The highest BCUT2D eigenvalue weighted by molar-refractivity contribution is 9.10. The molecule has 0 bridgehead atoms. The molecule has 0 aliphatic rings. The second-order valence-electron chi connectivity index (χ2n) is 3.84. The quantitative estimate of drug-likeness (QED) is 0.817. The first-order valence-corrected chi connectivity index (χ1v) is 5.58. The Labute approximate surface area is 94.0 Å². The molecule has 3 heteroatoms. The Bertz CT molecular complexity index is 321. The van der Waals surface area contributed by atoms with Crippen LogP contribution in [0.3, 0.4) is 0 Å². The van der Waals surface area contributed by atoms with Gasteiger partial charge >= 0.3 is 0 Å². The number of rotatable bonds is 3. The fourth-order valence-corrected chi connectivity index (χ4v) is 1.78. The molecule has 1 aromatic rings. The van der Waals surface area contributed by atoms with Gasteiger partial charge in [0.15, 0.2) is 0 Å². The first kappa shape index (κ1) is 11.5. The summed E-state index contributed by atoms with van der Waals surface area (Å²) in [5, 5.41) is 3.36. The van der Waals surface area contributed by atoms with E-state index in [1.165, 1.54) is 5.56 Å². The molecule has 0 atom stereocenters. The van der Waals surface area contributed by atoms with Crippen LogP contribution in [-0.4, -0.2) is 6.04 Å². The minimum Gasteiger partial charge on any atom is -0.399 e.